The minimum Gasteiger partial charge on any atom is -0.469 e. The van der Waals surface area contributed by atoms with E-state index in [9.17, 15) is 0 Å². The predicted molar refractivity (Wildman–Crippen MR) is 125 cm³/mol. The normalized spacial score (nSPS) is 21.9. The minimum absolute atomic E-state index is 0. The quantitative estimate of drug-likeness (QED) is 0.307. The van der Waals surface area contributed by atoms with E-state index in [2.05, 4.69) is 22.5 Å². The summed E-state index contributed by atoms with van der Waals surface area (Å²) in [5.41, 5.74) is 0. The van der Waals surface area contributed by atoms with Gasteiger partial charge in [-0.1, -0.05) is 6.42 Å². The summed E-state index contributed by atoms with van der Waals surface area (Å²) >= 11 is 0. The maximum Gasteiger partial charge on any atom is 0.191 e. The standard InChI is InChI=1S/C21H36N4O2.HI/c1-18(25-12-3-2-4-13-25)7-10-22-21(24-16-19-9-15-26-17-19)23-11-8-20-6-5-14-27-20;/h5-6,14,18-19H,2-4,7-13,15-17H2,1H3,(H2,22,23,24);1H. The van der Waals surface area contributed by atoms with E-state index in [1.807, 2.05) is 12.1 Å². The van der Waals surface area contributed by atoms with Crippen LogP contribution in [0.25, 0.3) is 0 Å². The molecule has 1 aromatic rings. The zero-order valence-corrected chi connectivity index (χ0v) is 19.5. The molecule has 3 rings (SSSR count). The second-order valence-corrected chi connectivity index (χ2v) is 7.84. The monoisotopic (exact) mass is 504 g/mol. The van der Waals surface area contributed by atoms with Crippen LogP contribution >= 0.6 is 24.0 Å². The van der Waals surface area contributed by atoms with Crippen molar-refractivity contribution < 1.29 is 9.15 Å². The van der Waals surface area contributed by atoms with Crippen molar-refractivity contribution in [3.63, 3.8) is 0 Å². The molecule has 160 valence electrons. The van der Waals surface area contributed by atoms with E-state index in [0.717, 1.165) is 63.8 Å². The first-order valence-electron chi connectivity index (χ1n) is 10.7. The van der Waals surface area contributed by atoms with Gasteiger partial charge in [-0.25, -0.2) is 0 Å². The van der Waals surface area contributed by atoms with Gasteiger partial charge < -0.3 is 24.7 Å². The largest absolute Gasteiger partial charge is 0.469 e. The Labute approximate surface area is 186 Å². The second kappa shape index (κ2) is 13.4. The van der Waals surface area contributed by atoms with Gasteiger partial charge >= 0.3 is 0 Å². The Hall–Kier alpha value is -0.800. The van der Waals surface area contributed by atoms with Crippen LogP contribution in [0.4, 0.5) is 0 Å². The van der Waals surface area contributed by atoms with Crippen molar-refractivity contribution >= 4 is 29.9 Å². The molecule has 0 bridgehead atoms. The molecule has 6 nitrogen and oxygen atoms in total. The fraction of sp³-hybridized carbons (Fsp3) is 0.762. The van der Waals surface area contributed by atoms with Crippen LogP contribution in [0.2, 0.25) is 0 Å². The molecule has 2 fully saturated rings. The lowest BCUT2D eigenvalue weighted by Gasteiger charge is -2.32. The van der Waals surface area contributed by atoms with Crippen molar-refractivity contribution in [1.82, 2.24) is 15.5 Å². The Morgan fingerprint density at radius 1 is 1.25 bits per heavy atom. The number of rotatable bonds is 9. The van der Waals surface area contributed by atoms with Crippen LogP contribution in [0, 0.1) is 5.92 Å². The molecule has 28 heavy (non-hydrogen) atoms. The SMILES string of the molecule is CC(CCNC(=NCC1CCOC1)NCCc1ccco1)N1CCCCC1.I. The highest BCUT2D eigenvalue weighted by molar-refractivity contribution is 14.0. The van der Waals surface area contributed by atoms with E-state index in [4.69, 9.17) is 14.1 Å². The molecule has 3 heterocycles. The third-order valence-electron chi connectivity index (χ3n) is 5.64. The van der Waals surface area contributed by atoms with Crippen LogP contribution in [0.15, 0.2) is 27.8 Å². The van der Waals surface area contributed by atoms with E-state index in [0.29, 0.717) is 12.0 Å². The number of nitrogens with zero attached hydrogens (tertiary/aromatic N) is 2. The molecule has 2 aliphatic heterocycles. The fourth-order valence-electron chi connectivity index (χ4n) is 3.82. The Morgan fingerprint density at radius 2 is 2.07 bits per heavy atom. The minimum atomic E-state index is 0. The van der Waals surface area contributed by atoms with Crippen molar-refractivity contribution in [1.29, 1.82) is 0 Å². The maximum atomic E-state index is 5.47. The lowest BCUT2D eigenvalue weighted by atomic mass is 10.1. The van der Waals surface area contributed by atoms with Gasteiger partial charge in [-0.15, -0.1) is 24.0 Å². The molecule has 2 unspecified atom stereocenters. The topological polar surface area (TPSA) is 62.0 Å². The fourth-order valence-corrected chi connectivity index (χ4v) is 3.82. The Morgan fingerprint density at radius 3 is 2.79 bits per heavy atom. The van der Waals surface area contributed by atoms with Crippen LogP contribution in [-0.2, 0) is 11.2 Å². The molecule has 2 N–H and O–H groups in total. The smallest absolute Gasteiger partial charge is 0.191 e. The number of furan rings is 1. The van der Waals surface area contributed by atoms with Crippen molar-refractivity contribution in [3.8, 4) is 0 Å². The molecule has 0 aliphatic carbocycles. The Balaban J connectivity index is 0.00000280. The summed E-state index contributed by atoms with van der Waals surface area (Å²) in [5, 5.41) is 6.99. The van der Waals surface area contributed by atoms with Crippen molar-refractivity contribution in [2.45, 2.75) is 51.5 Å². The third-order valence-corrected chi connectivity index (χ3v) is 5.64. The lowest BCUT2D eigenvalue weighted by molar-refractivity contribution is 0.167. The number of hydrogen-bond acceptors (Lipinski definition) is 4. The number of ether oxygens (including phenoxy) is 1. The van der Waals surface area contributed by atoms with Gasteiger partial charge in [0.1, 0.15) is 5.76 Å². The van der Waals surface area contributed by atoms with Gasteiger partial charge in [0.2, 0.25) is 0 Å². The highest BCUT2D eigenvalue weighted by atomic mass is 127. The van der Waals surface area contributed by atoms with Crippen LogP contribution in [0.5, 0.6) is 0 Å². The molecular formula is C21H37IN4O2. The van der Waals surface area contributed by atoms with Gasteiger partial charge in [0.05, 0.1) is 12.9 Å². The van der Waals surface area contributed by atoms with Gasteiger partial charge in [-0.3, -0.25) is 4.99 Å². The highest BCUT2D eigenvalue weighted by Crippen LogP contribution is 2.14. The Bertz CT molecular complexity index is 541. The van der Waals surface area contributed by atoms with Gasteiger partial charge in [-0.2, -0.15) is 0 Å². The molecule has 0 spiro atoms. The first kappa shape index (κ1) is 23.5. The molecule has 0 amide bonds. The van der Waals surface area contributed by atoms with Gasteiger partial charge in [0, 0.05) is 44.6 Å². The van der Waals surface area contributed by atoms with Gasteiger partial charge in [0.15, 0.2) is 5.96 Å². The zero-order chi connectivity index (χ0) is 18.7. The van der Waals surface area contributed by atoms with Crippen LogP contribution in [-0.4, -0.2) is 62.8 Å². The van der Waals surface area contributed by atoms with Crippen molar-refractivity contribution in [2.24, 2.45) is 10.9 Å². The number of likely N-dealkylation sites (tertiary alicyclic amines) is 1. The van der Waals surface area contributed by atoms with E-state index in [-0.39, 0.29) is 24.0 Å². The molecule has 2 aliphatic rings. The second-order valence-electron chi connectivity index (χ2n) is 7.84. The average Bonchev–Trinajstić information content (AvgIpc) is 3.40. The summed E-state index contributed by atoms with van der Waals surface area (Å²) in [6.45, 7) is 9.18. The lowest BCUT2D eigenvalue weighted by Crippen LogP contribution is -2.43. The highest BCUT2D eigenvalue weighted by Gasteiger charge is 2.17. The summed E-state index contributed by atoms with van der Waals surface area (Å²) in [5.74, 6) is 2.48. The van der Waals surface area contributed by atoms with Crippen molar-refractivity contribution in [3.05, 3.63) is 24.2 Å². The van der Waals surface area contributed by atoms with E-state index in [1.54, 1.807) is 6.26 Å². The van der Waals surface area contributed by atoms with Gasteiger partial charge in [0.25, 0.3) is 0 Å². The predicted octanol–water partition coefficient (Wildman–Crippen LogP) is 3.28. The number of halogens is 1. The molecule has 0 aromatic carbocycles. The Kier molecular flexibility index (Phi) is 11.3. The number of nitrogens with one attached hydrogen (secondary N) is 2. The summed E-state index contributed by atoms with van der Waals surface area (Å²) in [6, 6.07) is 4.58. The summed E-state index contributed by atoms with van der Waals surface area (Å²) < 4.78 is 10.9. The third kappa shape index (κ3) is 8.29. The van der Waals surface area contributed by atoms with Gasteiger partial charge in [-0.05, 0) is 57.8 Å². The first-order valence-corrected chi connectivity index (χ1v) is 10.7. The molecule has 1 aromatic heterocycles. The number of guanidine groups is 1. The van der Waals surface area contributed by atoms with Crippen LogP contribution in [0.1, 0.15) is 44.8 Å². The molecular weight excluding hydrogens is 467 g/mol. The maximum absolute atomic E-state index is 5.47. The first-order chi connectivity index (χ1) is 13.3. The van der Waals surface area contributed by atoms with E-state index in [1.165, 1.54) is 32.4 Å². The molecule has 2 atom stereocenters. The number of aliphatic imine (C=N–C) groups is 1. The van der Waals surface area contributed by atoms with Crippen molar-refractivity contribution in [2.75, 3.05) is 45.9 Å². The molecule has 0 saturated carbocycles. The number of hydrogen-bond donors (Lipinski definition) is 2. The van der Waals surface area contributed by atoms with Crippen LogP contribution < -0.4 is 10.6 Å². The molecule has 0 radical (unpaired) electrons. The zero-order valence-electron chi connectivity index (χ0n) is 17.2. The van der Waals surface area contributed by atoms with E-state index < -0.39 is 0 Å². The summed E-state index contributed by atoms with van der Waals surface area (Å²) in [6.07, 6.45) is 8.95. The summed E-state index contributed by atoms with van der Waals surface area (Å²) in [4.78, 5) is 7.43. The van der Waals surface area contributed by atoms with Crippen LogP contribution in [0.3, 0.4) is 0 Å². The number of piperidine rings is 1. The van der Waals surface area contributed by atoms with E-state index >= 15 is 0 Å². The summed E-state index contributed by atoms with van der Waals surface area (Å²) in [7, 11) is 0. The molecule has 7 heteroatoms. The molecule has 2 saturated heterocycles. The average molecular weight is 504 g/mol.